The van der Waals surface area contributed by atoms with Crippen LogP contribution < -0.4 is 0 Å². The Bertz CT molecular complexity index is 1130. The van der Waals surface area contributed by atoms with E-state index in [9.17, 15) is 4.79 Å². The average Bonchev–Trinajstić information content (AvgIpc) is 3.03. The number of fused-ring (bicyclic) bond motifs is 1. The van der Waals surface area contributed by atoms with E-state index in [4.69, 9.17) is 14.5 Å². The second-order valence-electron chi connectivity index (χ2n) is 9.18. The summed E-state index contributed by atoms with van der Waals surface area (Å²) in [6.45, 7) is 13.2. The van der Waals surface area contributed by atoms with Gasteiger partial charge in [0, 0.05) is 53.1 Å². The van der Waals surface area contributed by atoms with Gasteiger partial charge in [-0.3, -0.25) is 9.78 Å². The lowest BCUT2D eigenvalue weighted by molar-refractivity contribution is -0.143. The SMILES string of the molecule is CCn1c(-c2cc(C)cnc2[C@H](C)OC)c(CC(C)(C)COC(C)=O)c2cc(Br)ccc21. The van der Waals surface area contributed by atoms with Crippen LogP contribution in [0.2, 0.25) is 0 Å². The molecule has 3 aromatic rings. The van der Waals surface area contributed by atoms with Crippen LogP contribution in [0.5, 0.6) is 0 Å². The quantitative estimate of drug-likeness (QED) is 0.325. The van der Waals surface area contributed by atoms with Crippen LogP contribution in [0.1, 0.15) is 57.5 Å². The lowest BCUT2D eigenvalue weighted by Crippen LogP contribution is -2.24. The fourth-order valence-corrected chi connectivity index (χ4v) is 4.60. The van der Waals surface area contributed by atoms with Gasteiger partial charge in [-0.15, -0.1) is 0 Å². The predicted molar refractivity (Wildman–Crippen MR) is 133 cm³/mol. The first-order valence-electron chi connectivity index (χ1n) is 11.0. The third kappa shape index (κ3) is 5.07. The lowest BCUT2D eigenvalue weighted by Gasteiger charge is -2.25. The van der Waals surface area contributed by atoms with E-state index < -0.39 is 0 Å². The monoisotopic (exact) mass is 500 g/mol. The number of benzene rings is 1. The number of carbonyl (C=O) groups excluding carboxylic acids is 1. The van der Waals surface area contributed by atoms with Crippen LogP contribution in [0, 0.1) is 12.3 Å². The van der Waals surface area contributed by atoms with Gasteiger partial charge < -0.3 is 14.0 Å². The molecule has 5 nitrogen and oxygen atoms in total. The standard InChI is InChI=1S/C26H33BrN2O3/c1-8-29-23-10-9-19(27)12-20(23)22(13-26(5,6)15-32-18(4)30)25(29)21-11-16(2)14-28-24(21)17(3)31-7/h9-12,14,17H,8,13,15H2,1-7H3/t17-/m0/s1. The molecule has 0 spiro atoms. The first-order chi connectivity index (χ1) is 15.1. The summed E-state index contributed by atoms with van der Waals surface area (Å²) >= 11 is 3.66. The highest BCUT2D eigenvalue weighted by atomic mass is 79.9. The Balaban J connectivity index is 2.32. The molecular weight excluding hydrogens is 468 g/mol. The fraction of sp³-hybridized carbons (Fsp3) is 0.462. The Morgan fingerprint density at radius 2 is 2.00 bits per heavy atom. The number of nitrogens with zero attached hydrogens (tertiary/aromatic N) is 2. The van der Waals surface area contributed by atoms with E-state index in [1.165, 1.54) is 23.4 Å². The van der Waals surface area contributed by atoms with Crippen LogP contribution in [0.3, 0.4) is 0 Å². The van der Waals surface area contributed by atoms with Gasteiger partial charge in [0.1, 0.15) is 0 Å². The van der Waals surface area contributed by atoms with Gasteiger partial charge in [0.2, 0.25) is 0 Å². The van der Waals surface area contributed by atoms with Crippen molar-refractivity contribution in [3.63, 3.8) is 0 Å². The highest BCUT2D eigenvalue weighted by Gasteiger charge is 2.28. The normalized spacial score (nSPS) is 12.9. The summed E-state index contributed by atoms with van der Waals surface area (Å²) in [5.41, 5.74) is 6.46. The lowest BCUT2D eigenvalue weighted by atomic mass is 9.84. The number of hydrogen-bond donors (Lipinski definition) is 0. The van der Waals surface area contributed by atoms with E-state index in [0.717, 1.165) is 40.0 Å². The van der Waals surface area contributed by atoms with Crippen LogP contribution in [0.15, 0.2) is 34.9 Å². The smallest absolute Gasteiger partial charge is 0.302 e. The van der Waals surface area contributed by atoms with Gasteiger partial charge in [0.05, 0.1) is 24.1 Å². The number of ether oxygens (including phenoxy) is 2. The second-order valence-corrected chi connectivity index (χ2v) is 10.1. The van der Waals surface area contributed by atoms with Crippen molar-refractivity contribution in [3.05, 3.63) is 51.8 Å². The molecular formula is C26H33BrN2O3. The highest BCUT2D eigenvalue weighted by Crippen LogP contribution is 2.41. The Morgan fingerprint density at radius 1 is 1.28 bits per heavy atom. The molecule has 0 aliphatic heterocycles. The van der Waals surface area contributed by atoms with E-state index in [1.807, 2.05) is 13.1 Å². The molecule has 1 atom stereocenters. The zero-order chi connectivity index (χ0) is 23.6. The molecule has 0 aliphatic carbocycles. The number of halogens is 1. The molecule has 3 rings (SSSR count). The molecule has 0 amide bonds. The number of hydrogen-bond acceptors (Lipinski definition) is 4. The van der Waals surface area contributed by atoms with Gasteiger partial charge in [-0.2, -0.15) is 0 Å². The van der Waals surface area contributed by atoms with E-state index in [0.29, 0.717) is 6.61 Å². The first-order valence-corrected chi connectivity index (χ1v) is 11.8. The summed E-state index contributed by atoms with van der Waals surface area (Å²) in [5, 5.41) is 1.20. The summed E-state index contributed by atoms with van der Waals surface area (Å²) in [6.07, 6.45) is 2.51. The number of aryl methyl sites for hydroxylation is 2. The minimum absolute atomic E-state index is 0.137. The first kappa shape index (κ1) is 24.5. The highest BCUT2D eigenvalue weighted by molar-refractivity contribution is 9.10. The topological polar surface area (TPSA) is 53.4 Å². The van der Waals surface area contributed by atoms with Crippen LogP contribution in [0.25, 0.3) is 22.2 Å². The molecule has 0 bridgehead atoms. The van der Waals surface area contributed by atoms with E-state index in [1.54, 1.807) is 7.11 Å². The Labute approximate surface area is 199 Å². The number of methoxy groups -OCH3 is 1. The number of carbonyl (C=O) groups is 1. The molecule has 2 heterocycles. The summed E-state index contributed by atoms with van der Waals surface area (Å²) in [6, 6.07) is 8.64. The van der Waals surface area contributed by atoms with Crippen molar-refractivity contribution in [1.82, 2.24) is 9.55 Å². The predicted octanol–water partition coefficient (Wildman–Crippen LogP) is 6.63. The van der Waals surface area contributed by atoms with Crippen molar-refractivity contribution in [2.24, 2.45) is 5.41 Å². The van der Waals surface area contributed by atoms with Gasteiger partial charge >= 0.3 is 5.97 Å². The maximum atomic E-state index is 11.5. The van der Waals surface area contributed by atoms with Gasteiger partial charge in [-0.1, -0.05) is 29.8 Å². The molecule has 172 valence electrons. The maximum absolute atomic E-state index is 11.5. The Morgan fingerprint density at radius 3 is 2.62 bits per heavy atom. The van der Waals surface area contributed by atoms with Crippen molar-refractivity contribution in [1.29, 1.82) is 0 Å². The molecule has 0 aliphatic rings. The van der Waals surface area contributed by atoms with Crippen molar-refractivity contribution in [2.75, 3.05) is 13.7 Å². The number of aromatic nitrogens is 2. The summed E-state index contributed by atoms with van der Waals surface area (Å²) in [5.74, 6) is -0.254. The van der Waals surface area contributed by atoms with Gasteiger partial charge in [0.15, 0.2) is 0 Å². The summed E-state index contributed by atoms with van der Waals surface area (Å²) in [7, 11) is 1.71. The minimum atomic E-state index is -0.254. The molecule has 0 unspecified atom stereocenters. The number of rotatable bonds is 8. The van der Waals surface area contributed by atoms with E-state index in [-0.39, 0.29) is 17.5 Å². The largest absolute Gasteiger partial charge is 0.465 e. The summed E-state index contributed by atoms with van der Waals surface area (Å²) < 4.78 is 14.5. The average molecular weight is 501 g/mol. The zero-order valence-corrected chi connectivity index (χ0v) is 21.7. The Hall–Kier alpha value is -2.18. The van der Waals surface area contributed by atoms with Crippen molar-refractivity contribution in [3.8, 4) is 11.3 Å². The van der Waals surface area contributed by atoms with E-state index in [2.05, 4.69) is 72.5 Å². The van der Waals surface area contributed by atoms with Gasteiger partial charge in [-0.25, -0.2) is 0 Å². The number of pyridine rings is 1. The van der Waals surface area contributed by atoms with Crippen LogP contribution in [-0.4, -0.2) is 29.2 Å². The maximum Gasteiger partial charge on any atom is 0.302 e. The second kappa shape index (κ2) is 9.75. The fourth-order valence-electron chi connectivity index (χ4n) is 4.24. The van der Waals surface area contributed by atoms with Crippen LogP contribution >= 0.6 is 15.9 Å². The molecule has 0 fully saturated rings. The van der Waals surface area contributed by atoms with Crippen molar-refractivity contribution >= 4 is 32.8 Å². The third-order valence-corrected chi connectivity index (χ3v) is 6.31. The third-order valence-electron chi connectivity index (χ3n) is 5.82. The zero-order valence-electron chi connectivity index (χ0n) is 20.1. The molecule has 0 saturated heterocycles. The summed E-state index contributed by atoms with van der Waals surface area (Å²) in [4.78, 5) is 16.2. The molecule has 0 N–H and O–H groups in total. The van der Waals surface area contributed by atoms with Gasteiger partial charge in [0.25, 0.3) is 0 Å². The van der Waals surface area contributed by atoms with Gasteiger partial charge in [-0.05, 0) is 62.6 Å². The molecule has 6 heteroatoms. The Kier molecular flexibility index (Phi) is 7.46. The molecule has 0 radical (unpaired) electrons. The molecule has 0 saturated carbocycles. The van der Waals surface area contributed by atoms with Crippen LogP contribution in [0.4, 0.5) is 0 Å². The molecule has 1 aromatic carbocycles. The van der Waals surface area contributed by atoms with E-state index >= 15 is 0 Å². The van der Waals surface area contributed by atoms with Crippen molar-refractivity contribution < 1.29 is 14.3 Å². The molecule has 32 heavy (non-hydrogen) atoms. The molecule has 2 aromatic heterocycles. The van der Waals surface area contributed by atoms with Crippen molar-refractivity contribution in [2.45, 2.75) is 60.6 Å². The van der Waals surface area contributed by atoms with Crippen LogP contribution in [-0.2, 0) is 27.2 Å². The minimum Gasteiger partial charge on any atom is -0.465 e. The number of esters is 1.